The summed E-state index contributed by atoms with van der Waals surface area (Å²) in [4.78, 5) is 31.1. The number of nitrogens with one attached hydrogen (secondary N) is 1. The molecule has 3 aromatic rings. The van der Waals surface area contributed by atoms with E-state index in [4.69, 9.17) is 19.9 Å². The summed E-state index contributed by atoms with van der Waals surface area (Å²) in [5.74, 6) is 0.683. The average molecular weight is 456 g/mol. The lowest BCUT2D eigenvalue weighted by molar-refractivity contribution is 0.0994. The van der Waals surface area contributed by atoms with Gasteiger partial charge in [0.2, 0.25) is 10.1 Å². The predicted octanol–water partition coefficient (Wildman–Crippen LogP) is 1.70. The number of anilines is 2. The predicted molar refractivity (Wildman–Crippen MR) is 117 cm³/mol. The van der Waals surface area contributed by atoms with E-state index in [9.17, 15) is 9.59 Å². The first-order chi connectivity index (χ1) is 15.5. The molecule has 0 atom stereocenters. The number of benzene rings is 1. The Morgan fingerprint density at radius 1 is 1.22 bits per heavy atom. The van der Waals surface area contributed by atoms with Crippen molar-refractivity contribution in [1.82, 2.24) is 15.2 Å². The van der Waals surface area contributed by atoms with Crippen molar-refractivity contribution in [3.8, 4) is 17.2 Å². The molecule has 1 aliphatic rings. The van der Waals surface area contributed by atoms with Crippen LogP contribution in [0.4, 0.5) is 10.8 Å². The highest BCUT2D eigenvalue weighted by Crippen LogP contribution is 2.37. The molecule has 11 nitrogen and oxygen atoms in total. The number of hydrogen-bond donors (Lipinski definition) is 2. The summed E-state index contributed by atoms with van der Waals surface area (Å²) < 4.78 is 16.1. The minimum atomic E-state index is -0.494. The average Bonchev–Trinajstić information content (AvgIpc) is 3.42. The van der Waals surface area contributed by atoms with Crippen molar-refractivity contribution in [2.75, 3.05) is 37.6 Å². The topological polar surface area (TPSA) is 142 Å². The molecule has 12 heteroatoms. The van der Waals surface area contributed by atoms with E-state index in [1.807, 2.05) is 0 Å². The zero-order valence-electron chi connectivity index (χ0n) is 17.3. The van der Waals surface area contributed by atoms with Crippen molar-refractivity contribution in [3.05, 3.63) is 46.7 Å². The molecule has 2 amide bonds. The van der Waals surface area contributed by atoms with Gasteiger partial charge in [-0.25, -0.2) is 0 Å². The molecule has 1 aliphatic heterocycles. The Morgan fingerprint density at radius 2 is 2.00 bits per heavy atom. The third kappa shape index (κ3) is 4.05. The minimum absolute atomic E-state index is 0.0903. The largest absolute Gasteiger partial charge is 0.493 e. The van der Waals surface area contributed by atoms with E-state index >= 15 is 0 Å². The van der Waals surface area contributed by atoms with Crippen LogP contribution < -0.4 is 30.2 Å². The number of carbonyl (C=O) groups excluding carboxylic acids is 2. The number of pyridine rings is 1. The lowest BCUT2D eigenvalue weighted by Gasteiger charge is -2.10. The minimum Gasteiger partial charge on any atom is -0.493 e. The van der Waals surface area contributed by atoms with Gasteiger partial charge in [0.15, 0.2) is 11.5 Å². The standard InChI is InChI=1S/C20H20N6O5S/c1-29-15-7-11-10-26(19(28)12(11)8-16(15)30-2)20-25-24-18(32-20)17(27)23-13-9-22-5-3-14(13)31-6-4-21/h3,5,7-9H,4,6,10,21H2,1-2H3,(H,23,27). The summed E-state index contributed by atoms with van der Waals surface area (Å²) in [6.07, 6.45) is 3.01. The van der Waals surface area contributed by atoms with Crippen molar-refractivity contribution < 1.29 is 23.8 Å². The van der Waals surface area contributed by atoms with Crippen molar-refractivity contribution in [3.63, 3.8) is 0 Å². The monoisotopic (exact) mass is 456 g/mol. The third-order valence-corrected chi connectivity index (χ3v) is 5.60. The summed E-state index contributed by atoms with van der Waals surface area (Å²) >= 11 is 1.00. The molecular formula is C20H20N6O5S. The quantitative estimate of drug-likeness (QED) is 0.518. The smallest absolute Gasteiger partial charge is 0.286 e. The van der Waals surface area contributed by atoms with Crippen LogP contribution in [0.25, 0.3) is 0 Å². The molecule has 0 spiro atoms. The summed E-state index contributed by atoms with van der Waals surface area (Å²) in [7, 11) is 3.04. The van der Waals surface area contributed by atoms with Crippen LogP contribution in [0.15, 0.2) is 30.6 Å². The van der Waals surface area contributed by atoms with Gasteiger partial charge in [0.25, 0.3) is 11.8 Å². The van der Waals surface area contributed by atoms with Gasteiger partial charge in [-0.05, 0) is 17.7 Å². The molecule has 1 aromatic carbocycles. The number of fused-ring (bicyclic) bond motifs is 1. The van der Waals surface area contributed by atoms with Gasteiger partial charge in [-0.3, -0.25) is 19.5 Å². The Morgan fingerprint density at radius 3 is 2.75 bits per heavy atom. The fraction of sp³-hybridized carbons (Fsp3) is 0.250. The van der Waals surface area contributed by atoms with Crippen molar-refractivity contribution in [1.29, 1.82) is 0 Å². The molecule has 4 rings (SSSR count). The molecule has 0 bridgehead atoms. The first kappa shape index (κ1) is 21.5. The van der Waals surface area contributed by atoms with E-state index in [0.29, 0.717) is 46.8 Å². The molecule has 0 aliphatic carbocycles. The zero-order chi connectivity index (χ0) is 22.7. The molecule has 3 heterocycles. The van der Waals surface area contributed by atoms with Crippen LogP contribution in [0.1, 0.15) is 25.7 Å². The van der Waals surface area contributed by atoms with Gasteiger partial charge in [-0.2, -0.15) is 0 Å². The first-order valence-electron chi connectivity index (χ1n) is 9.54. The first-order valence-corrected chi connectivity index (χ1v) is 10.4. The van der Waals surface area contributed by atoms with Crippen LogP contribution in [0, 0.1) is 0 Å². The fourth-order valence-electron chi connectivity index (χ4n) is 3.16. The molecule has 0 unspecified atom stereocenters. The zero-order valence-corrected chi connectivity index (χ0v) is 18.1. The van der Waals surface area contributed by atoms with E-state index < -0.39 is 5.91 Å². The highest BCUT2D eigenvalue weighted by molar-refractivity contribution is 7.17. The number of nitrogens with zero attached hydrogens (tertiary/aromatic N) is 4. The summed E-state index contributed by atoms with van der Waals surface area (Å²) in [5.41, 5.74) is 7.10. The van der Waals surface area contributed by atoms with Gasteiger partial charge in [-0.15, -0.1) is 10.2 Å². The Hall–Kier alpha value is -3.77. The highest BCUT2D eigenvalue weighted by Gasteiger charge is 2.33. The number of hydrogen-bond acceptors (Lipinski definition) is 10. The molecule has 0 saturated carbocycles. The molecule has 2 aromatic heterocycles. The molecule has 3 N–H and O–H groups in total. The summed E-state index contributed by atoms with van der Waals surface area (Å²) in [5, 5.41) is 11.1. The van der Waals surface area contributed by atoms with Gasteiger partial charge in [-0.1, -0.05) is 11.3 Å². The molecule has 0 fully saturated rings. The van der Waals surface area contributed by atoms with Crippen molar-refractivity contribution in [2.45, 2.75) is 6.54 Å². The summed E-state index contributed by atoms with van der Waals surface area (Å²) in [6, 6.07) is 5.02. The van der Waals surface area contributed by atoms with Crippen molar-refractivity contribution >= 4 is 34.0 Å². The number of aromatic nitrogens is 3. The number of amides is 2. The van der Waals surface area contributed by atoms with Crippen molar-refractivity contribution in [2.24, 2.45) is 5.73 Å². The number of methoxy groups -OCH3 is 2. The third-order valence-electron chi connectivity index (χ3n) is 4.66. The maximum absolute atomic E-state index is 12.9. The number of ether oxygens (including phenoxy) is 3. The SMILES string of the molecule is COc1cc2c(cc1OC)C(=O)N(c1nnc(C(=O)Nc3cnccc3OCCN)s1)C2. The van der Waals surface area contributed by atoms with Crippen LogP contribution >= 0.6 is 11.3 Å². The van der Waals surface area contributed by atoms with Gasteiger partial charge < -0.3 is 25.3 Å². The lowest BCUT2D eigenvalue weighted by atomic mass is 10.1. The maximum Gasteiger partial charge on any atom is 0.286 e. The second-order valence-corrected chi connectivity index (χ2v) is 7.56. The van der Waals surface area contributed by atoms with Gasteiger partial charge in [0.1, 0.15) is 18.0 Å². The molecule has 32 heavy (non-hydrogen) atoms. The number of carbonyl (C=O) groups is 2. The van der Waals surface area contributed by atoms with Crippen LogP contribution in [0.5, 0.6) is 17.2 Å². The molecule has 0 radical (unpaired) electrons. The Balaban J connectivity index is 1.52. The van der Waals surface area contributed by atoms with Crippen LogP contribution in [0.3, 0.4) is 0 Å². The van der Waals surface area contributed by atoms with Gasteiger partial charge in [0.05, 0.1) is 27.0 Å². The molecule has 166 valence electrons. The van der Waals surface area contributed by atoms with Crippen LogP contribution in [-0.2, 0) is 6.54 Å². The number of rotatable bonds is 8. The van der Waals surface area contributed by atoms with Crippen LogP contribution in [-0.4, -0.2) is 54.4 Å². The normalized spacial score (nSPS) is 12.5. The van der Waals surface area contributed by atoms with E-state index in [-0.39, 0.29) is 17.5 Å². The lowest BCUT2D eigenvalue weighted by Crippen LogP contribution is -2.22. The Labute approximate surface area is 187 Å². The highest BCUT2D eigenvalue weighted by atomic mass is 32.1. The fourth-order valence-corrected chi connectivity index (χ4v) is 3.89. The summed E-state index contributed by atoms with van der Waals surface area (Å²) in [6.45, 7) is 0.910. The van der Waals surface area contributed by atoms with E-state index in [1.165, 1.54) is 25.3 Å². The maximum atomic E-state index is 12.9. The molecule has 0 saturated heterocycles. The van der Waals surface area contributed by atoms with E-state index in [0.717, 1.165) is 16.9 Å². The molecular weight excluding hydrogens is 436 g/mol. The Kier molecular flexibility index (Phi) is 6.14. The van der Waals surface area contributed by atoms with Gasteiger partial charge in [0, 0.05) is 24.4 Å². The van der Waals surface area contributed by atoms with Crippen LogP contribution in [0.2, 0.25) is 0 Å². The van der Waals surface area contributed by atoms with Gasteiger partial charge >= 0.3 is 0 Å². The second kappa shape index (κ2) is 9.16. The van der Waals surface area contributed by atoms with E-state index in [1.54, 1.807) is 24.4 Å². The Bertz CT molecular complexity index is 1170. The second-order valence-electron chi connectivity index (χ2n) is 6.61. The van der Waals surface area contributed by atoms with E-state index in [2.05, 4.69) is 20.5 Å². The number of nitrogens with two attached hydrogens (primary N) is 1.